The molecule has 0 saturated heterocycles. The van der Waals surface area contributed by atoms with Crippen molar-refractivity contribution in [3.63, 3.8) is 0 Å². The van der Waals surface area contributed by atoms with Crippen LogP contribution in [0.25, 0.3) is 0 Å². The van der Waals surface area contributed by atoms with Crippen LogP contribution in [-0.4, -0.2) is 0 Å². The van der Waals surface area contributed by atoms with E-state index in [4.69, 9.17) is 5.73 Å². The van der Waals surface area contributed by atoms with Crippen molar-refractivity contribution in [3.05, 3.63) is 56.2 Å². The molecule has 0 saturated carbocycles. The first kappa shape index (κ1) is 11.5. The highest BCUT2D eigenvalue weighted by molar-refractivity contribution is 9.10. The maximum absolute atomic E-state index is 6.34. The first-order valence-electron chi connectivity index (χ1n) is 5.80. The summed E-state index contributed by atoms with van der Waals surface area (Å²) in [6.45, 7) is 0. The van der Waals surface area contributed by atoms with Gasteiger partial charge in [0.2, 0.25) is 0 Å². The molecule has 0 radical (unpaired) electrons. The zero-order chi connectivity index (χ0) is 11.8. The predicted molar refractivity (Wildman–Crippen MR) is 76.3 cm³/mol. The van der Waals surface area contributed by atoms with E-state index in [2.05, 4.69) is 51.6 Å². The Bertz CT molecular complexity index is 535. The Labute approximate surface area is 114 Å². The van der Waals surface area contributed by atoms with Crippen molar-refractivity contribution in [1.29, 1.82) is 0 Å². The lowest BCUT2D eigenvalue weighted by molar-refractivity contribution is 0.468. The number of hydrogen-bond donors (Lipinski definition) is 1. The minimum atomic E-state index is 0.201. The quantitative estimate of drug-likeness (QED) is 0.894. The zero-order valence-corrected chi connectivity index (χ0v) is 11.8. The summed E-state index contributed by atoms with van der Waals surface area (Å²) in [6.07, 6.45) is 2.21. The molecule has 88 valence electrons. The van der Waals surface area contributed by atoms with E-state index < -0.39 is 0 Å². The Morgan fingerprint density at radius 1 is 1.35 bits per heavy atom. The third kappa shape index (κ3) is 2.19. The smallest absolute Gasteiger partial charge is 0.0332 e. The molecule has 1 heterocycles. The van der Waals surface area contributed by atoms with Crippen LogP contribution >= 0.6 is 27.3 Å². The number of benzene rings is 1. The summed E-state index contributed by atoms with van der Waals surface area (Å²) < 4.78 is 1.18. The Kier molecular flexibility index (Phi) is 3.07. The predicted octanol–water partition coefficient (Wildman–Crippen LogP) is 3.93. The lowest BCUT2D eigenvalue weighted by Crippen LogP contribution is -2.18. The van der Waals surface area contributed by atoms with Gasteiger partial charge in [0, 0.05) is 20.8 Å². The largest absolute Gasteiger partial charge is 0.324 e. The van der Waals surface area contributed by atoms with Crippen LogP contribution in [0.1, 0.15) is 22.0 Å². The highest BCUT2D eigenvalue weighted by Gasteiger charge is 2.29. The van der Waals surface area contributed by atoms with Gasteiger partial charge in [-0.1, -0.05) is 24.3 Å². The standard InChI is InChI=1S/C14H14BrNS/c15-11-7-12(17-8-11)6-10-5-9-3-1-2-4-13(9)14(10)16/h1-4,7-8,10,14H,5-6,16H2. The second kappa shape index (κ2) is 4.56. The Morgan fingerprint density at radius 2 is 2.18 bits per heavy atom. The van der Waals surface area contributed by atoms with Gasteiger partial charge in [0.05, 0.1) is 0 Å². The van der Waals surface area contributed by atoms with Crippen molar-refractivity contribution in [3.8, 4) is 0 Å². The molecule has 0 fully saturated rings. The number of rotatable bonds is 2. The second-order valence-electron chi connectivity index (χ2n) is 4.62. The van der Waals surface area contributed by atoms with Crippen LogP contribution < -0.4 is 5.73 Å². The molecule has 0 amide bonds. The van der Waals surface area contributed by atoms with E-state index in [1.165, 1.54) is 20.5 Å². The van der Waals surface area contributed by atoms with Gasteiger partial charge in [0.25, 0.3) is 0 Å². The molecule has 1 aliphatic rings. The number of nitrogens with two attached hydrogens (primary N) is 1. The normalized spacial score (nSPS) is 22.7. The lowest BCUT2D eigenvalue weighted by Gasteiger charge is -2.14. The molecule has 1 aliphatic carbocycles. The van der Waals surface area contributed by atoms with E-state index >= 15 is 0 Å². The molecule has 1 aromatic carbocycles. The molecule has 3 rings (SSSR count). The SMILES string of the molecule is NC1c2ccccc2CC1Cc1cc(Br)cs1. The summed E-state index contributed by atoms with van der Waals surface area (Å²) in [5.41, 5.74) is 9.11. The van der Waals surface area contributed by atoms with Crippen molar-refractivity contribution >= 4 is 27.3 Å². The molecular weight excluding hydrogens is 294 g/mol. The maximum atomic E-state index is 6.34. The number of halogens is 1. The molecule has 0 aliphatic heterocycles. The van der Waals surface area contributed by atoms with Gasteiger partial charge in [0.15, 0.2) is 0 Å². The van der Waals surface area contributed by atoms with E-state index in [1.54, 1.807) is 0 Å². The second-order valence-corrected chi connectivity index (χ2v) is 6.54. The fourth-order valence-electron chi connectivity index (χ4n) is 2.63. The van der Waals surface area contributed by atoms with Crippen molar-refractivity contribution < 1.29 is 0 Å². The van der Waals surface area contributed by atoms with Crippen molar-refractivity contribution in [2.45, 2.75) is 18.9 Å². The van der Waals surface area contributed by atoms with Crippen LogP contribution in [-0.2, 0) is 12.8 Å². The summed E-state index contributed by atoms with van der Waals surface area (Å²) in [5, 5.41) is 2.14. The Hall–Kier alpha value is -0.640. The summed E-state index contributed by atoms with van der Waals surface area (Å²) in [4.78, 5) is 1.42. The topological polar surface area (TPSA) is 26.0 Å². The molecule has 0 bridgehead atoms. The van der Waals surface area contributed by atoms with Gasteiger partial charge in [-0.3, -0.25) is 0 Å². The minimum absolute atomic E-state index is 0.201. The molecule has 2 atom stereocenters. The molecule has 17 heavy (non-hydrogen) atoms. The number of fused-ring (bicyclic) bond motifs is 1. The summed E-state index contributed by atoms with van der Waals surface area (Å²) in [6, 6.07) is 11.0. The van der Waals surface area contributed by atoms with Gasteiger partial charge < -0.3 is 5.73 Å². The average Bonchev–Trinajstić information content (AvgIpc) is 2.86. The average molecular weight is 308 g/mol. The molecular formula is C14H14BrNS. The molecule has 1 nitrogen and oxygen atoms in total. The van der Waals surface area contributed by atoms with Crippen LogP contribution in [0.4, 0.5) is 0 Å². The molecule has 1 aromatic heterocycles. The molecule has 0 spiro atoms. The van der Waals surface area contributed by atoms with Crippen LogP contribution in [0.15, 0.2) is 40.2 Å². The zero-order valence-electron chi connectivity index (χ0n) is 9.40. The van der Waals surface area contributed by atoms with Crippen molar-refractivity contribution in [1.82, 2.24) is 0 Å². The van der Waals surface area contributed by atoms with Crippen molar-refractivity contribution in [2.24, 2.45) is 11.7 Å². The third-order valence-corrected chi connectivity index (χ3v) is 5.21. The van der Waals surface area contributed by atoms with Crippen LogP contribution in [0.5, 0.6) is 0 Å². The highest BCUT2D eigenvalue weighted by Crippen LogP contribution is 2.37. The van der Waals surface area contributed by atoms with E-state index in [9.17, 15) is 0 Å². The van der Waals surface area contributed by atoms with Crippen LogP contribution in [0.2, 0.25) is 0 Å². The van der Waals surface area contributed by atoms with Gasteiger partial charge in [-0.15, -0.1) is 11.3 Å². The van der Waals surface area contributed by atoms with Crippen LogP contribution in [0, 0.1) is 5.92 Å². The Morgan fingerprint density at radius 3 is 2.88 bits per heavy atom. The van der Waals surface area contributed by atoms with E-state index in [0.717, 1.165) is 12.8 Å². The first-order chi connectivity index (χ1) is 8.24. The molecule has 2 unspecified atom stereocenters. The van der Waals surface area contributed by atoms with Gasteiger partial charge in [-0.25, -0.2) is 0 Å². The summed E-state index contributed by atoms with van der Waals surface area (Å²) in [5.74, 6) is 0.554. The van der Waals surface area contributed by atoms with Crippen molar-refractivity contribution in [2.75, 3.05) is 0 Å². The van der Waals surface area contributed by atoms with Gasteiger partial charge >= 0.3 is 0 Å². The van der Waals surface area contributed by atoms with Crippen LogP contribution in [0.3, 0.4) is 0 Å². The maximum Gasteiger partial charge on any atom is 0.0332 e. The monoisotopic (exact) mass is 307 g/mol. The van der Waals surface area contributed by atoms with Gasteiger partial charge in [0.1, 0.15) is 0 Å². The highest BCUT2D eigenvalue weighted by atomic mass is 79.9. The van der Waals surface area contributed by atoms with E-state index in [0.29, 0.717) is 5.92 Å². The number of hydrogen-bond acceptors (Lipinski definition) is 2. The lowest BCUT2D eigenvalue weighted by atomic mass is 9.97. The molecule has 3 heteroatoms. The minimum Gasteiger partial charge on any atom is -0.324 e. The van der Waals surface area contributed by atoms with Gasteiger partial charge in [-0.2, -0.15) is 0 Å². The van der Waals surface area contributed by atoms with Gasteiger partial charge in [-0.05, 0) is 51.9 Å². The third-order valence-electron chi connectivity index (χ3n) is 3.49. The summed E-state index contributed by atoms with van der Waals surface area (Å²) >= 11 is 5.32. The first-order valence-corrected chi connectivity index (χ1v) is 7.47. The summed E-state index contributed by atoms with van der Waals surface area (Å²) in [7, 11) is 0. The number of thiophene rings is 1. The van der Waals surface area contributed by atoms with E-state index in [1.807, 2.05) is 11.3 Å². The van der Waals surface area contributed by atoms with E-state index in [-0.39, 0.29) is 6.04 Å². The fourth-order valence-corrected chi connectivity index (χ4v) is 4.17. The molecule has 2 N–H and O–H groups in total. The molecule has 2 aromatic rings. The fraction of sp³-hybridized carbons (Fsp3) is 0.286. The Balaban J connectivity index is 1.80.